The molecule has 0 saturated heterocycles. The predicted octanol–water partition coefficient (Wildman–Crippen LogP) is 1.19. The minimum absolute atomic E-state index is 0.208. The van der Waals surface area contributed by atoms with Gasteiger partial charge in [0.2, 0.25) is 0 Å². The predicted molar refractivity (Wildman–Crippen MR) is 32.0 cm³/mol. The molecule has 0 unspecified atom stereocenters. The highest BCUT2D eigenvalue weighted by Gasteiger charge is 1.96. The van der Waals surface area contributed by atoms with Crippen molar-refractivity contribution in [3.8, 4) is 0 Å². The van der Waals surface area contributed by atoms with Gasteiger partial charge < -0.3 is 5.21 Å². The average molecular weight is 109 g/mol. The maximum Gasteiger partial charge on any atom is 0.0542 e. The van der Waals surface area contributed by atoms with Gasteiger partial charge >= 0.3 is 0 Å². The van der Waals surface area contributed by atoms with Crippen LogP contribution < -0.4 is 0 Å². The van der Waals surface area contributed by atoms with Crippen molar-refractivity contribution in [3.05, 3.63) is 24.3 Å². The normalized spacial score (nSPS) is 19.0. The van der Waals surface area contributed by atoms with E-state index in [1.165, 1.54) is 6.21 Å². The minimum atomic E-state index is 0.208. The monoisotopic (exact) mass is 109 g/mol. The molecule has 0 atom stereocenters. The molecule has 0 aliphatic heterocycles. The topological polar surface area (TPSA) is 32.6 Å². The Kier molecular flexibility index (Phi) is 1.47. The molecule has 1 N–H and O–H groups in total. The summed E-state index contributed by atoms with van der Waals surface area (Å²) >= 11 is 0. The van der Waals surface area contributed by atoms with Crippen LogP contribution in [0.25, 0.3) is 0 Å². The number of rotatable bonds is 1. The molecule has 0 heterocycles. The van der Waals surface area contributed by atoms with Gasteiger partial charge in [0, 0.05) is 5.92 Å². The summed E-state index contributed by atoms with van der Waals surface area (Å²) in [5.74, 6) is 0.208. The number of hydrogen-bond acceptors (Lipinski definition) is 2. The molecule has 8 heavy (non-hydrogen) atoms. The fourth-order valence-corrected chi connectivity index (χ4v) is 0.625. The Labute approximate surface area is 47.8 Å². The number of nitrogens with zero attached hydrogens (tertiary/aromatic N) is 1. The molecule has 0 spiro atoms. The first kappa shape index (κ1) is 5.09. The lowest BCUT2D eigenvalue weighted by molar-refractivity contribution is 0.320. The van der Waals surface area contributed by atoms with Crippen LogP contribution in [0.3, 0.4) is 0 Å². The van der Waals surface area contributed by atoms with E-state index in [2.05, 4.69) is 5.16 Å². The van der Waals surface area contributed by atoms with E-state index in [-0.39, 0.29) is 5.92 Å². The van der Waals surface area contributed by atoms with Crippen molar-refractivity contribution in [2.75, 3.05) is 0 Å². The first-order chi connectivity index (χ1) is 3.93. The maximum atomic E-state index is 8.03. The van der Waals surface area contributed by atoms with Crippen molar-refractivity contribution in [1.29, 1.82) is 0 Å². The molecule has 0 aromatic rings. The van der Waals surface area contributed by atoms with Gasteiger partial charge in [-0.15, -0.1) is 5.16 Å². The van der Waals surface area contributed by atoms with Crippen molar-refractivity contribution in [1.82, 2.24) is 0 Å². The zero-order valence-corrected chi connectivity index (χ0v) is 4.36. The second-order valence-electron chi connectivity index (χ2n) is 1.61. The van der Waals surface area contributed by atoms with E-state index in [9.17, 15) is 0 Å². The summed E-state index contributed by atoms with van der Waals surface area (Å²) in [7, 11) is 0. The minimum Gasteiger partial charge on any atom is -0.411 e. The van der Waals surface area contributed by atoms with Crippen molar-refractivity contribution < 1.29 is 5.21 Å². The lowest BCUT2D eigenvalue weighted by Gasteiger charge is -1.87. The van der Waals surface area contributed by atoms with Crippen LogP contribution in [0, 0.1) is 5.92 Å². The molecular formula is C6H7NO. The smallest absolute Gasteiger partial charge is 0.0542 e. The summed E-state index contributed by atoms with van der Waals surface area (Å²) in [6.45, 7) is 0. The number of oxime groups is 1. The molecule has 0 aromatic heterocycles. The number of hydrogen-bond donors (Lipinski definition) is 1. The largest absolute Gasteiger partial charge is 0.411 e. The van der Waals surface area contributed by atoms with Gasteiger partial charge in [-0.05, 0) is 0 Å². The average Bonchev–Trinajstić information content (AvgIpc) is 2.19. The van der Waals surface area contributed by atoms with Crippen molar-refractivity contribution in [2.45, 2.75) is 0 Å². The van der Waals surface area contributed by atoms with Gasteiger partial charge in [-0.2, -0.15) is 0 Å². The van der Waals surface area contributed by atoms with E-state index in [1.807, 2.05) is 24.3 Å². The summed E-state index contributed by atoms with van der Waals surface area (Å²) in [4.78, 5) is 0. The lowest BCUT2D eigenvalue weighted by atomic mass is 10.2. The van der Waals surface area contributed by atoms with Crippen LogP contribution in [-0.4, -0.2) is 11.4 Å². The standard InChI is InChI=1S/C6H7NO/c8-7-5-6-3-1-2-4-6/h1-6,8H. The molecule has 0 saturated carbocycles. The summed E-state index contributed by atoms with van der Waals surface area (Å²) in [6.07, 6.45) is 9.21. The van der Waals surface area contributed by atoms with Crippen molar-refractivity contribution in [3.63, 3.8) is 0 Å². The van der Waals surface area contributed by atoms with Crippen LogP contribution in [0.4, 0.5) is 0 Å². The Morgan fingerprint density at radius 1 is 1.38 bits per heavy atom. The molecule has 1 rings (SSSR count). The molecule has 2 nitrogen and oxygen atoms in total. The quantitative estimate of drug-likeness (QED) is 0.306. The van der Waals surface area contributed by atoms with Crippen LogP contribution in [0.1, 0.15) is 0 Å². The molecule has 0 amide bonds. The Morgan fingerprint density at radius 2 is 2.00 bits per heavy atom. The van der Waals surface area contributed by atoms with E-state index in [0.29, 0.717) is 0 Å². The molecule has 0 bridgehead atoms. The van der Waals surface area contributed by atoms with Gasteiger partial charge in [-0.25, -0.2) is 0 Å². The highest BCUT2D eigenvalue weighted by Crippen LogP contribution is 2.04. The zero-order chi connectivity index (χ0) is 5.82. The van der Waals surface area contributed by atoms with Crippen LogP contribution in [-0.2, 0) is 0 Å². The fraction of sp³-hybridized carbons (Fsp3) is 0.167. The van der Waals surface area contributed by atoms with Gasteiger partial charge in [-0.3, -0.25) is 0 Å². The lowest BCUT2D eigenvalue weighted by Crippen LogP contribution is -1.87. The fourth-order valence-electron chi connectivity index (χ4n) is 0.625. The van der Waals surface area contributed by atoms with Crippen LogP contribution in [0.5, 0.6) is 0 Å². The van der Waals surface area contributed by atoms with E-state index >= 15 is 0 Å². The van der Waals surface area contributed by atoms with E-state index in [4.69, 9.17) is 5.21 Å². The summed E-state index contributed by atoms with van der Waals surface area (Å²) in [5.41, 5.74) is 0. The van der Waals surface area contributed by atoms with Gasteiger partial charge in [0.1, 0.15) is 0 Å². The Balaban J connectivity index is 2.49. The van der Waals surface area contributed by atoms with E-state index < -0.39 is 0 Å². The zero-order valence-electron chi connectivity index (χ0n) is 4.36. The summed E-state index contributed by atoms with van der Waals surface area (Å²) < 4.78 is 0. The molecule has 0 fully saturated rings. The molecule has 2 heteroatoms. The van der Waals surface area contributed by atoms with Gasteiger partial charge in [0.05, 0.1) is 6.21 Å². The Hall–Kier alpha value is -1.05. The molecule has 1 aliphatic rings. The summed E-state index contributed by atoms with van der Waals surface area (Å²) in [5, 5.41) is 10.9. The molecule has 42 valence electrons. The third kappa shape index (κ3) is 0.964. The Morgan fingerprint density at radius 3 is 2.50 bits per heavy atom. The second-order valence-corrected chi connectivity index (χ2v) is 1.61. The molecular weight excluding hydrogens is 102 g/mol. The molecule has 0 radical (unpaired) electrons. The van der Waals surface area contributed by atoms with Crippen LogP contribution in [0.15, 0.2) is 29.5 Å². The summed E-state index contributed by atoms with van der Waals surface area (Å²) in [6, 6.07) is 0. The van der Waals surface area contributed by atoms with Gasteiger partial charge in [-0.1, -0.05) is 24.3 Å². The SMILES string of the molecule is ON=CC1C=CC=C1. The van der Waals surface area contributed by atoms with Crippen molar-refractivity contribution in [2.24, 2.45) is 11.1 Å². The van der Waals surface area contributed by atoms with Gasteiger partial charge in [0.15, 0.2) is 0 Å². The van der Waals surface area contributed by atoms with E-state index in [1.54, 1.807) is 0 Å². The third-order valence-corrected chi connectivity index (χ3v) is 1.02. The third-order valence-electron chi connectivity index (χ3n) is 1.02. The maximum absolute atomic E-state index is 8.03. The Bertz CT molecular complexity index is 135. The van der Waals surface area contributed by atoms with E-state index in [0.717, 1.165) is 0 Å². The molecule has 0 aromatic carbocycles. The molecule has 1 aliphatic carbocycles. The van der Waals surface area contributed by atoms with Crippen molar-refractivity contribution >= 4 is 6.21 Å². The highest BCUT2D eigenvalue weighted by molar-refractivity contribution is 5.66. The first-order valence-electron chi connectivity index (χ1n) is 2.46. The van der Waals surface area contributed by atoms with Crippen LogP contribution in [0.2, 0.25) is 0 Å². The second kappa shape index (κ2) is 2.31. The highest BCUT2D eigenvalue weighted by atomic mass is 16.4. The van der Waals surface area contributed by atoms with Gasteiger partial charge in [0.25, 0.3) is 0 Å². The first-order valence-corrected chi connectivity index (χ1v) is 2.46. The number of allylic oxidation sites excluding steroid dienone is 4. The van der Waals surface area contributed by atoms with Crippen LogP contribution >= 0.6 is 0 Å².